The Morgan fingerprint density at radius 1 is 1.10 bits per heavy atom. The van der Waals surface area contributed by atoms with Crippen molar-refractivity contribution in [2.75, 3.05) is 11.1 Å². The van der Waals surface area contributed by atoms with Gasteiger partial charge in [0, 0.05) is 5.69 Å². The van der Waals surface area contributed by atoms with Gasteiger partial charge in [-0.1, -0.05) is 43.3 Å². The van der Waals surface area contributed by atoms with E-state index in [-0.39, 0.29) is 11.8 Å². The summed E-state index contributed by atoms with van der Waals surface area (Å²) in [7, 11) is -3.16. The molecule has 4 heteroatoms. The minimum Gasteiger partial charge on any atom is -0.377 e. The van der Waals surface area contributed by atoms with E-state index in [4.69, 9.17) is 0 Å². The number of anilines is 1. The standard InChI is InChI=1S/C16H17NO2S/c1-2-12-7-3-5-9-14(12)17-15-11-20(18,19)16-10-6-4-8-13(15)16/h3-10,15,17H,2,11H2,1H3. The van der Waals surface area contributed by atoms with Crippen molar-refractivity contribution in [1.82, 2.24) is 0 Å². The molecule has 2 aromatic rings. The number of hydrogen-bond acceptors (Lipinski definition) is 3. The van der Waals surface area contributed by atoms with Crippen molar-refractivity contribution < 1.29 is 8.42 Å². The summed E-state index contributed by atoms with van der Waals surface area (Å²) in [4.78, 5) is 0.464. The fourth-order valence-corrected chi connectivity index (χ4v) is 4.46. The lowest BCUT2D eigenvalue weighted by Crippen LogP contribution is -2.13. The fraction of sp³-hybridized carbons (Fsp3) is 0.250. The number of para-hydroxylation sites is 1. The van der Waals surface area contributed by atoms with Gasteiger partial charge in [-0.05, 0) is 29.7 Å². The molecule has 0 aliphatic carbocycles. The van der Waals surface area contributed by atoms with E-state index in [0.29, 0.717) is 4.90 Å². The van der Waals surface area contributed by atoms with Crippen LogP contribution in [0.4, 0.5) is 5.69 Å². The van der Waals surface area contributed by atoms with E-state index in [0.717, 1.165) is 17.7 Å². The zero-order valence-electron chi connectivity index (χ0n) is 11.3. The highest BCUT2D eigenvalue weighted by Crippen LogP contribution is 2.35. The summed E-state index contributed by atoms with van der Waals surface area (Å²) in [6, 6.07) is 15.1. The topological polar surface area (TPSA) is 46.2 Å². The molecular formula is C16H17NO2S. The van der Waals surface area contributed by atoms with Gasteiger partial charge < -0.3 is 5.32 Å². The number of rotatable bonds is 3. The molecule has 1 N–H and O–H groups in total. The van der Waals surface area contributed by atoms with E-state index < -0.39 is 9.84 Å². The molecule has 3 nitrogen and oxygen atoms in total. The molecule has 0 bridgehead atoms. The molecule has 1 atom stereocenters. The zero-order valence-corrected chi connectivity index (χ0v) is 12.2. The average molecular weight is 287 g/mol. The van der Waals surface area contributed by atoms with Crippen LogP contribution in [-0.4, -0.2) is 14.2 Å². The molecule has 0 saturated heterocycles. The molecule has 3 rings (SSSR count). The Bertz CT molecular complexity index is 738. The van der Waals surface area contributed by atoms with Crippen LogP contribution in [-0.2, 0) is 16.3 Å². The predicted molar refractivity (Wildman–Crippen MR) is 80.7 cm³/mol. The summed E-state index contributed by atoms with van der Waals surface area (Å²) in [6.45, 7) is 2.10. The van der Waals surface area contributed by atoms with Crippen molar-refractivity contribution in [2.45, 2.75) is 24.3 Å². The number of hydrogen-bond donors (Lipinski definition) is 1. The highest BCUT2D eigenvalue weighted by molar-refractivity contribution is 7.91. The van der Waals surface area contributed by atoms with Gasteiger partial charge in [-0.25, -0.2) is 8.42 Å². The van der Waals surface area contributed by atoms with Crippen LogP contribution in [0.1, 0.15) is 24.1 Å². The summed E-state index contributed by atoms with van der Waals surface area (Å²) >= 11 is 0. The maximum atomic E-state index is 12.2. The molecule has 0 amide bonds. The molecule has 1 unspecified atom stereocenters. The second-order valence-corrected chi connectivity index (χ2v) is 7.03. The molecule has 0 radical (unpaired) electrons. The number of nitrogens with one attached hydrogen (secondary N) is 1. The minimum atomic E-state index is -3.16. The van der Waals surface area contributed by atoms with Crippen LogP contribution in [0.3, 0.4) is 0 Å². The lowest BCUT2D eigenvalue weighted by Gasteiger charge is -2.17. The van der Waals surface area contributed by atoms with Crippen molar-refractivity contribution >= 4 is 15.5 Å². The van der Waals surface area contributed by atoms with Gasteiger partial charge in [0.05, 0.1) is 16.7 Å². The fourth-order valence-electron chi connectivity index (χ4n) is 2.73. The first-order chi connectivity index (χ1) is 9.62. The largest absolute Gasteiger partial charge is 0.377 e. The second-order valence-electron chi connectivity index (χ2n) is 5.03. The molecule has 1 aliphatic rings. The van der Waals surface area contributed by atoms with E-state index in [1.807, 2.05) is 30.3 Å². The van der Waals surface area contributed by atoms with E-state index in [9.17, 15) is 8.42 Å². The molecule has 0 spiro atoms. The normalized spacial score (nSPS) is 19.6. The Hall–Kier alpha value is -1.81. The summed E-state index contributed by atoms with van der Waals surface area (Å²) in [6.07, 6.45) is 0.921. The first-order valence-electron chi connectivity index (χ1n) is 6.78. The first kappa shape index (κ1) is 13.2. The highest BCUT2D eigenvalue weighted by Gasteiger charge is 2.34. The molecule has 1 heterocycles. The average Bonchev–Trinajstić information content (AvgIpc) is 2.71. The van der Waals surface area contributed by atoms with E-state index in [1.165, 1.54) is 5.56 Å². The van der Waals surface area contributed by atoms with Crippen molar-refractivity contribution in [3.05, 3.63) is 59.7 Å². The first-order valence-corrected chi connectivity index (χ1v) is 8.43. The van der Waals surface area contributed by atoms with Crippen molar-refractivity contribution in [1.29, 1.82) is 0 Å². The lowest BCUT2D eigenvalue weighted by molar-refractivity contribution is 0.598. The Labute approximate surface area is 119 Å². The number of aryl methyl sites for hydroxylation is 1. The third-order valence-corrected chi connectivity index (χ3v) is 5.56. The summed E-state index contributed by atoms with van der Waals surface area (Å²) in [5.74, 6) is 0.129. The maximum Gasteiger partial charge on any atom is 0.181 e. The van der Waals surface area contributed by atoms with Crippen LogP contribution < -0.4 is 5.32 Å². The van der Waals surface area contributed by atoms with Gasteiger partial charge in [0.15, 0.2) is 9.84 Å². The van der Waals surface area contributed by atoms with Crippen molar-refractivity contribution in [2.24, 2.45) is 0 Å². The zero-order chi connectivity index (χ0) is 14.2. The Morgan fingerprint density at radius 3 is 2.60 bits per heavy atom. The van der Waals surface area contributed by atoms with Crippen LogP contribution >= 0.6 is 0 Å². The van der Waals surface area contributed by atoms with Crippen molar-refractivity contribution in [3.8, 4) is 0 Å². The van der Waals surface area contributed by atoms with E-state index in [1.54, 1.807) is 12.1 Å². The Balaban J connectivity index is 1.98. The molecular weight excluding hydrogens is 270 g/mol. The number of sulfone groups is 1. The summed E-state index contributed by atoms with van der Waals surface area (Å²) in [5.41, 5.74) is 3.10. The van der Waals surface area contributed by atoms with Gasteiger partial charge in [0.25, 0.3) is 0 Å². The highest BCUT2D eigenvalue weighted by atomic mass is 32.2. The van der Waals surface area contributed by atoms with Gasteiger partial charge in [-0.2, -0.15) is 0 Å². The molecule has 0 aromatic heterocycles. The lowest BCUT2D eigenvalue weighted by atomic mass is 10.1. The number of benzene rings is 2. The maximum absolute atomic E-state index is 12.2. The summed E-state index contributed by atoms with van der Waals surface area (Å²) in [5, 5.41) is 3.39. The second kappa shape index (κ2) is 4.94. The van der Waals surface area contributed by atoms with Crippen molar-refractivity contribution in [3.63, 3.8) is 0 Å². The molecule has 20 heavy (non-hydrogen) atoms. The molecule has 2 aromatic carbocycles. The summed E-state index contributed by atoms with van der Waals surface area (Å²) < 4.78 is 24.3. The third kappa shape index (κ3) is 2.20. The van der Waals surface area contributed by atoms with Crippen LogP contribution in [0.5, 0.6) is 0 Å². The Kier molecular flexibility index (Phi) is 3.26. The minimum absolute atomic E-state index is 0.129. The van der Waals surface area contributed by atoms with Gasteiger partial charge in [-0.3, -0.25) is 0 Å². The van der Waals surface area contributed by atoms with Gasteiger partial charge >= 0.3 is 0 Å². The van der Waals surface area contributed by atoms with Crippen LogP contribution in [0.2, 0.25) is 0 Å². The molecule has 104 valence electrons. The molecule has 0 fully saturated rings. The molecule has 0 saturated carbocycles. The quantitative estimate of drug-likeness (QED) is 0.943. The molecule has 1 aliphatic heterocycles. The SMILES string of the molecule is CCc1ccccc1NC1CS(=O)(=O)c2ccccc21. The van der Waals surface area contributed by atoms with Crippen LogP contribution in [0.15, 0.2) is 53.4 Å². The van der Waals surface area contributed by atoms with Crippen LogP contribution in [0, 0.1) is 0 Å². The van der Waals surface area contributed by atoms with E-state index in [2.05, 4.69) is 18.3 Å². The number of fused-ring (bicyclic) bond motifs is 1. The third-order valence-electron chi connectivity index (χ3n) is 3.74. The monoisotopic (exact) mass is 287 g/mol. The van der Waals surface area contributed by atoms with Crippen LogP contribution in [0.25, 0.3) is 0 Å². The predicted octanol–water partition coefficient (Wildman–Crippen LogP) is 3.19. The van der Waals surface area contributed by atoms with Gasteiger partial charge in [0.1, 0.15) is 0 Å². The van der Waals surface area contributed by atoms with Gasteiger partial charge in [-0.15, -0.1) is 0 Å². The Morgan fingerprint density at radius 2 is 1.80 bits per heavy atom. The van der Waals surface area contributed by atoms with E-state index >= 15 is 0 Å². The smallest absolute Gasteiger partial charge is 0.181 e. The van der Waals surface area contributed by atoms with Gasteiger partial charge in [0.2, 0.25) is 0 Å².